The van der Waals surface area contributed by atoms with E-state index in [0.717, 1.165) is 39.0 Å². The molecule has 128 valence electrons. The molecule has 2 aliphatic heterocycles. The number of allylic oxidation sites excluding steroid dienone is 1. The minimum absolute atomic E-state index is 0.0883. The van der Waals surface area contributed by atoms with Crippen LogP contribution in [-0.2, 0) is 4.79 Å². The molecule has 0 aromatic heterocycles. The van der Waals surface area contributed by atoms with Crippen LogP contribution < -0.4 is 10.6 Å². The number of carbonyl (C=O) groups is 1. The molecule has 5 atom stereocenters. The molecule has 1 fully saturated rings. The zero-order valence-corrected chi connectivity index (χ0v) is 14.7. The third kappa shape index (κ3) is 4.04. The molecule has 0 bridgehead atoms. The summed E-state index contributed by atoms with van der Waals surface area (Å²) in [6.45, 7) is 10.3. The largest absolute Gasteiger partial charge is 0.339 e. The van der Waals surface area contributed by atoms with Crippen LogP contribution in [-0.4, -0.2) is 49.1 Å². The lowest BCUT2D eigenvalue weighted by atomic mass is 9.79. The Labute approximate surface area is 140 Å². The summed E-state index contributed by atoms with van der Waals surface area (Å²) in [6, 6.07) is 0.786. The zero-order valence-electron chi connectivity index (χ0n) is 14.7. The molecule has 4 heteroatoms. The van der Waals surface area contributed by atoms with Gasteiger partial charge in [0.05, 0.1) is 5.92 Å². The van der Waals surface area contributed by atoms with Crippen LogP contribution in [0.2, 0.25) is 0 Å². The van der Waals surface area contributed by atoms with Crippen molar-refractivity contribution < 1.29 is 4.79 Å². The average Bonchev–Trinajstić information content (AvgIpc) is 2.53. The lowest BCUT2D eigenvalue weighted by molar-refractivity contribution is -0.136. The molecule has 1 aliphatic carbocycles. The van der Waals surface area contributed by atoms with Gasteiger partial charge in [-0.2, -0.15) is 0 Å². The van der Waals surface area contributed by atoms with Gasteiger partial charge in [0.15, 0.2) is 0 Å². The molecule has 4 nitrogen and oxygen atoms in total. The summed E-state index contributed by atoms with van der Waals surface area (Å²) in [5, 5.41) is 6.99. The van der Waals surface area contributed by atoms with Crippen LogP contribution in [0, 0.1) is 17.8 Å². The summed E-state index contributed by atoms with van der Waals surface area (Å²) < 4.78 is 0. The van der Waals surface area contributed by atoms with Crippen LogP contribution in [0.1, 0.15) is 33.6 Å². The number of amides is 1. The quantitative estimate of drug-likeness (QED) is 0.765. The molecule has 0 aromatic carbocycles. The van der Waals surface area contributed by atoms with Gasteiger partial charge >= 0.3 is 0 Å². The first kappa shape index (κ1) is 16.7. The maximum Gasteiger partial charge on any atom is 0.229 e. The highest BCUT2D eigenvalue weighted by molar-refractivity contribution is 5.81. The van der Waals surface area contributed by atoms with Gasteiger partial charge in [0.1, 0.15) is 0 Å². The van der Waals surface area contributed by atoms with Crippen molar-refractivity contribution in [1.82, 2.24) is 15.5 Å². The number of nitrogens with one attached hydrogen (secondary N) is 2. The Morgan fingerprint density at radius 1 is 1.13 bits per heavy atom. The SMILES string of the molecule is CC1=CC(C2C=CC(C(=O)N3CC(C)NC(C)C3)CC2)CNC1. The smallest absolute Gasteiger partial charge is 0.229 e. The lowest BCUT2D eigenvalue weighted by Crippen LogP contribution is -2.56. The molecule has 1 amide bonds. The minimum Gasteiger partial charge on any atom is -0.339 e. The molecule has 2 heterocycles. The normalized spacial score (nSPS) is 38.3. The number of piperazine rings is 1. The molecular formula is C19H31N3O. The highest BCUT2D eigenvalue weighted by Crippen LogP contribution is 2.31. The van der Waals surface area contributed by atoms with Gasteiger partial charge in [-0.1, -0.05) is 23.8 Å². The maximum absolute atomic E-state index is 12.8. The van der Waals surface area contributed by atoms with Crippen LogP contribution in [0.25, 0.3) is 0 Å². The fourth-order valence-corrected chi connectivity index (χ4v) is 4.34. The van der Waals surface area contributed by atoms with Gasteiger partial charge in [0.2, 0.25) is 5.91 Å². The van der Waals surface area contributed by atoms with E-state index in [1.807, 2.05) is 0 Å². The zero-order chi connectivity index (χ0) is 16.4. The van der Waals surface area contributed by atoms with Crippen LogP contribution in [0.5, 0.6) is 0 Å². The van der Waals surface area contributed by atoms with E-state index in [0.29, 0.717) is 29.8 Å². The summed E-state index contributed by atoms with van der Waals surface area (Å²) in [5.41, 5.74) is 1.44. The van der Waals surface area contributed by atoms with Gasteiger partial charge in [-0.3, -0.25) is 4.79 Å². The molecule has 5 unspecified atom stereocenters. The van der Waals surface area contributed by atoms with E-state index in [1.165, 1.54) is 5.57 Å². The van der Waals surface area contributed by atoms with Crippen molar-refractivity contribution in [2.24, 2.45) is 17.8 Å². The second-order valence-corrected chi connectivity index (χ2v) is 7.75. The summed E-state index contributed by atoms with van der Waals surface area (Å²) in [5.74, 6) is 1.59. The Hall–Kier alpha value is -1.13. The predicted molar refractivity (Wildman–Crippen MR) is 94.1 cm³/mol. The van der Waals surface area contributed by atoms with Crippen molar-refractivity contribution >= 4 is 5.91 Å². The monoisotopic (exact) mass is 317 g/mol. The fraction of sp³-hybridized carbons (Fsp3) is 0.737. The van der Waals surface area contributed by atoms with E-state index < -0.39 is 0 Å². The van der Waals surface area contributed by atoms with Crippen LogP contribution >= 0.6 is 0 Å². The van der Waals surface area contributed by atoms with Gasteiger partial charge < -0.3 is 15.5 Å². The molecule has 0 spiro atoms. The van der Waals surface area contributed by atoms with Crippen LogP contribution in [0.15, 0.2) is 23.8 Å². The van der Waals surface area contributed by atoms with Gasteiger partial charge in [-0.25, -0.2) is 0 Å². The first-order valence-electron chi connectivity index (χ1n) is 9.14. The van der Waals surface area contributed by atoms with Gasteiger partial charge in [-0.15, -0.1) is 0 Å². The van der Waals surface area contributed by atoms with E-state index in [-0.39, 0.29) is 5.92 Å². The van der Waals surface area contributed by atoms with Crippen molar-refractivity contribution in [2.45, 2.75) is 45.7 Å². The Morgan fingerprint density at radius 3 is 2.48 bits per heavy atom. The molecule has 3 rings (SSSR count). The van der Waals surface area contributed by atoms with Gasteiger partial charge in [0.25, 0.3) is 0 Å². The number of nitrogens with zero attached hydrogens (tertiary/aromatic N) is 1. The number of rotatable bonds is 2. The van der Waals surface area contributed by atoms with E-state index in [4.69, 9.17) is 0 Å². The summed E-state index contributed by atoms with van der Waals surface area (Å²) >= 11 is 0. The molecule has 0 radical (unpaired) electrons. The van der Waals surface area contributed by atoms with Crippen molar-refractivity contribution in [2.75, 3.05) is 26.2 Å². The Balaban J connectivity index is 1.59. The highest BCUT2D eigenvalue weighted by atomic mass is 16.2. The third-order valence-corrected chi connectivity index (χ3v) is 5.42. The average molecular weight is 317 g/mol. The van der Waals surface area contributed by atoms with Gasteiger partial charge in [0, 0.05) is 38.3 Å². The van der Waals surface area contributed by atoms with Crippen molar-refractivity contribution in [3.63, 3.8) is 0 Å². The Morgan fingerprint density at radius 2 is 1.87 bits per heavy atom. The molecule has 2 N–H and O–H groups in total. The maximum atomic E-state index is 12.8. The number of carbonyl (C=O) groups excluding carboxylic acids is 1. The number of hydrogen-bond donors (Lipinski definition) is 2. The number of hydrogen-bond acceptors (Lipinski definition) is 3. The predicted octanol–water partition coefficient (Wildman–Crippen LogP) is 1.94. The molecule has 3 aliphatic rings. The van der Waals surface area contributed by atoms with Crippen molar-refractivity contribution in [3.8, 4) is 0 Å². The van der Waals surface area contributed by atoms with Crippen molar-refractivity contribution in [1.29, 1.82) is 0 Å². The second-order valence-electron chi connectivity index (χ2n) is 7.75. The first-order chi connectivity index (χ1) is 11.0. The third-order valence-electron chi connectivity index (χ3n) is 5.42. The first-order valence-corrected chi connectivity index (χ1v) is 9.14. The highest BCUT2D eigenvalue weighted by Gasteiger charge is 2.31. The summed E-state index contributed by atoms with van der Waals surface area (Å²) in [4.78, 5) is 14.9. The fourth-order valence-electron chi connectivity index (χ4n) is 4.34. The minimum atomic E-state index is 0.0883. The van der Waals surface area contributed by atoms with E-state index in [1.54, 1.807) is 0 Å². The second kappa shape index (κ2) is 7.18. The van der Waals surface area contributed by atoms with Gasteiger partial charge in [-0.05, 0) is 45.4 Å². The molecular weight excluding hydrogens is 286 g/mol. The Kier molecular flexibility index (Phi) is 5.22. The van der Waals surface area contributed by atoms with E-state index >= 15 is 0 Å². The van der Waals surface area contributed by atoms with Crippen molar-refractivity contribution in [3.05, 3.63) is 23.8 Å². The Bertz CT molecular complexity index is 489. The van der Waals surface area contributed by atoms with Crippen LogP contribution in [0.3, 0.4) is 0 Å². The standard InChI is InChI=1S/C19H31N3O/c1-13-8-18(10-20-9-13)16-4-6-17(7-5-16)19(23)22-11-14(2)21-15(3)12-22/h4,6,8,14-18,20-21H,5,7,9-12H2,1-3H3. The molecule has 0 saturated carbocycles. The lowest BCUT2D eigenvalue weighted by Gasteiger charge is -2.38. The van der Waals surface area contributed by atoms with E-state index in [2.05, 4.69) is 54.5 Å². The summed E-state index contributed by atoms with van der Waals surface area (Å²) in [7, 11) is 0. The molecule has 23 heavy (non-hydrogen) atoms. The molecule has 0 aromatic rings. The topological polar surface area (TPSA) is 44.4 Å². The van der Waals surface area contributed by atoms with Crippen LogP contribution in [0.4, 0.5) is 0 Å². The summed E-state index contributed by atoms with van der Waals surface area (Å²) in [6.07, 6.45) is 9.04. The van der Waals surface area contributed by atoms with E-state index in [9.17, 15) is 4.79 Å². The molecule has 1 saturated heterocycles.